The van der Waals surface area contributed by atoms with Crippen LogP contribution in [0, 0.1) is 0 Å². The summed E-state index contributed by atoms with van der Waals surface area (Å²) in [4.78, 5) is 16.3. The van der Waals surface area contributed by atoms with Crippen molar-refractivity contribution < 1.29 is 4.79 Å². The molecule has 0 aliphatic carbocycles. The molecule has 78 valence electrons. The molecule has 4 nitrogen and oxygen atoms in total. The predicted molar refractivity (Wildman–Crippen MR) is 59.8 cm³/mol. The van der Waals surface area contributed by atoms with Gasteiger partial charge in [0.1, 0.15) is 5.69 Å². The molecule has 2 aromatic rings. The van der Waals surface area contributed by atoms with Crippen LogP contribution in [-0.4, -0.2) is 26.6 Å². The number of imidazole rings is 1. The summed E-state index contributed by atoms with van der Waals surface area (Å²) in [5.41, 5.74) is 1.11. The molecule has 2 rings (SSSR count). The van der Waals surface area contributed by atoms with E-state index < -0.39 is 0 Å². The van der Waals surface area contributed by atoms with Crippen LogP contribution in [0.15, 0.2) is 17.2 Å². The third-order valence-corrected chi connectivity index (χ3v) is 2.91. The van der Waals surface area contributed by atoms with Crippen molar-refractivity contribution in [2.75, 3.05) is 6.26 Å². The molecule has 0 aliphatic rings. The Labute approximate surface area is 95.6 Å². The largest absolute Gasteiger partial charge is 0.293 e. The van der Waals surface area contributed by atoms with Crippen molar-refractivity contribution in [2.24, 2.45) is 0 Å². The van der Waals surface area contributed by atoms with E-state index in [-0.39, 0.29) is 5.78 Å². The van der Waals surface area contributed by atoms with E-state index in [1.807, 2.05) is 6.26 Å². The van der Waals surface area contributed by atoms with Gasteiger partial charge in [0.15, 0.2) is 16.6 Å². The first-order chi connectivity index (χ1) is 7.13. The van der Waals surface area contributed by atoms with E-state index in [2.05, 4.69) is 10.1 Å². The molecule has 0 saturated carbocycles. The average Bonchev–Trinajstić information content (AvgIpc) is 2.59. The Morgan fingerprint density at radius 2 is 2.33 bits per heavy atom. The van der Waals surface area contributed by atoms with Crippen molar-refractivity contribution in [3.8, 4) is 0 Å². The average molecular weight is 242 g/mol. The lowest BCUT2D eigenvalue weighted by molar-refractivity contribution is 0.101. The smallest absolute Gasteiger partial charge is 0.179 e. The first kappa shape index (κ1) is 10.4. The van der Waals surface area contributed by atoms with Crippen molar-refractivity contribution in [3.63, 3.8) is 0 Å². The minimum absolute atomic E-state index is 0.0793. The summed E-state index contributed by atoms with van der Waals surface area (Å²) in [7, 11) is 0. The van der Waals surface area contributed by atoms with Crippen LogP contribution in [0.2, 0.25) is 5.15 Å². The third-order valence-electron chi connectivity index (χ3n) is 1.98. The molecule has 0 radical (unpaired) electrons. The summed E-state index contributed by atoms with van der Waals surface area (Å²) in [6, 6.07) is 1.73. The fourth-order valence-corrected chi connectivity index (χ4v) is 2.10. The van der Waals surface area contributed by atoms with Gasteiger partial charge in [-0.15, -0.1) is 11.8 Å². The standard InChI is InChI=1S/C9H8ClN3OS/c1-5(14)6-4-11-9-7(15-2)3-8(10)12-13(6)9/h3-4H,1-2H3. The molecule has 6 heteroatoms. The zero-order chi connectivity index (χ0) is 11.0. The molecule has 0 amide bonds. The van der Waals surface area contributed by atoms with Crippen molar-refractivity contribution >= 4 is 34.8 Å². The topological polar surface area (TPSA) is 47.3 Å². The molecule has 2 aromatic heterocycles. The first-order valence-corrected chi connectivity index (χ1v) is 5.83. The summed E-state index contributed by atoms with van der Waals surface area (Å²) in [5.74, 6) is -0.0793. The SMILES string of the molecule is CSc1cc(Cl)nn2c(C(C)=O)cnc12. The van der Waals surface area contributed by atoms with Gasteiger partial charge in [0.25, 0.3) is 0 Å². The fraction of sp³-hybridized carbons (Fsp3) is 0.222. The van der Waals surface area contributed by atoms with Crippen LogP contribution >= 0.6 is 23.4 Å². The molecular weight excluding hydrogens is 234 g/mol. The van der Waals surface area contributed by atoms with E-state index in [9.17, 15) is 4.79 Å². The lowest BCUT2D eigenvalue weighted by atomic mass is 10.3. The second-order valence-corrected chi connectivity index (χ2v) is 4.21. The molecule has 0 unspecified atom stereocenters. The molecule has 0 atom stereocenters. The molecule has 15 heavy (non-hydrogen) atoms. The Morgan fingerprint density at radius 1 is 1.60 bits per heavy atom. The van der Waals surface area contributed by atoms with Gasteiger partial charge >= 0.3 is 0 Å². The highest BCUT2D eigenvalue weighted by Crippen LogP contribution is 2.23. The van der Waals surface area contributed by atoms with Crippen LogP contribution in [0.4, 0.5) is 0 Å². The van der Waals surface area contributed by atoms with Crippen LogP contribution in [-0.2, 0) is 0 Å². The number of carbonyl (C=O) groups is 1. The quantitative estimate of drug-likeness (QED) is 0.598. The monoisotopic (exact) mass is 241 g/mol. The van der Waals surface area contributed by atoms with Crippen LogP contribution in [0.25, 0.3) is 5.65 Å². The van der Waals surface area contributed by atoms with Gasteiger partial charge in [-0.05, 0) is 12.3 Å². The number of Topliss-reactive ketones (excluding diaryl/α,β-unsaturated/α-hetero) is 1. The number of nitrogens with zero attached hydrogens (tertiary/aromatic N) is 3. The summed E-state index contributed by atoms with van der Waals surface area (Å²) in [5, 5.41) is 4.40. The minimum atomic E-state index is -0.0793. The van der Waals surface area contributed by atoms with Gasteiger partial charge in [-0.1, -0.05) is 11.6 Å². The Bertz CT molecular complexity index is 537. The number of ketones is 1. The maximum Gasteiger partial charge on any atom is 0.179 e. The van der Waals surface area contributed by atoms with E-state index >= 15 is 0 Å². The number of fused-ring (bicyclic) bond motifs is 1. The zero-order valence-corrected chi connectivity index (χ0v) is 9.76. The number of thioether (sulfide) groups is 1. The minimum Gasteiger partial charge on any atom is -0.293 e. The molecule has 0 aliphatic heterocycles. The van der Waals surface area contributed by atoms with Gasteiger partial charge in [-0.3, -0.25) is 4.79 Å². The second-order valence-electron chi connectivity index (χ2n) is 2.97. The number of carbonyl (C=O) groups excluding carboxylic acids is 1. The highest BCUT2D eigenvalue weighted by molar-refractivity contribution is 7.98. The van der Waals surface area contributed by atoms with Crippen molar-refractivity contribution in [1.82, 2.24) is 14.6 Å². The Balaban J connectivity index is 2.80. The molecule has 0 aromatic carbocycles. The highest BCUT2D eigenvalue weighted by atomic mass is 35.5. The van der Waals surface area contributed by atoms with Gasteiger partial charge in [-0.2, -0.15) is 5.10 Å². The van der Waals surface area contributed by atoms with Crippen LogP contribution in [0.1, 0.15) is 17.4 Å². The maximum atomic E-state index is 11.3. The zero-order valence-electron chi connectivity index (χ0n) is 8.19. The molecule has 0 bridgehead atoms. The fourth-order valence-electron chi connectivity index (χ4n) is 1.30. The van der Waals surface area contributed by atoms with Crippen molar-refractivity contribution in [2.45, 2.75) is 11.8 Å². The highest BCUT2D eigenvalue weighted by Gasteiger charge is 2.12. The van der Waals surface area contributed by atoms with E-state index in [0.717, 1.165) is 4.90 Å². The number of hydrogen-bond acceptors (Lipinski definition) is 4. The molecule has 0 saturated heterocycles. The van der Waals surface area contributed by atoms with Crippen LogP contribution < -0.4 is 0 Å². The van der Waals surface area contributed by atoms with Crippen LogP contribution in [0.5, 0.6) is 0 Å². The predicted octanol–water partition coefficient (Wildman–Crippen LogP) is 2.31. The lowest BCUT2D eigenvalue weighted by Crippen LogP contribution is -2.02. The Hall–Kier alpha value is -1.07. The molecule has 2 heterocycles. The van der Waals surface area contributed by atoms with E-state index in [0.29, 0.717) is 16.5 Å². The van der Waals surface area contributed by atoms with Gasteiger partial charge in [0, 0.05) is 6.92 Å². The summed E-state index contributed by atoms with van der Waals surface area (Å²) < 4.78 is 1.48. The van der Waals surface area contributed by atoms with E-state index in [1.165, 1.54) is 29.4 Å². The van der Waals surface area contributed by atoms with Gasteiger partial charge in [-0.25, -0.2) is 9.50 Å². The first-order valence-electron chi connectivity index (χ1n) is 4.22. The molecule has 0 spiro atoms. The summed E-state index contributed by atoms with van der Waals surface area (Å²) >= 11 is 7.37. The number of hydrogen-bond donors (Lipinski definition) is 0. The lowest BCUT2D eigenvalue weighted by Gasteiger charge is -2.01. The van der Waals surface area contributed by atoms with E-state index in [4.69, 9.17) is 11.6 Å². The Morgan fingerprint density at radius 3 is 2.93 bits per heavy atom. The molecular formula is C9H8ClN3OS. The molecule has 0 N–H and O–H groups in total. The second kappa shape index (κ2) is 3.83. The third kappa shape index (κ3) is 1.72. The number of rotatable bonds is 2. The number of aromatic nitrogens is 3. The van der Waals surface area contributed by atoms with Gasteiger partial charge in [0.2, 0.25) is 0 Å². The maximum absolute atomic E-state index is 11.3. The van der Waals surface area contributed by atoms with Crippen LogP contribution in [0.3, 0.4) is 0 Å². The van der Waals surface area contributed by atoms with Crippen molar-refractivity contribution in [3.05, 3.63) is 23.1 Å². The van der Waals surface area contributed by atoms with Gasteiger partial charge in [0.05, 0.1) is 11.1 Å². The van der Waals surface area contributed by atoms with Gasteiger partial charge < -0.3 is 0 Å². The van der Waals surface area contributed by atoms with E-state index in [1.54, 1.807) is 6.07 Å². The summed E-state index contributed by atoms with van der Waals surface area (Å²) in [6.07, 6.45) is 3.44. The Kier molecular flexibility index (Phi) is 2.67. The molecule has 0 fully saturated rings. The normalized spacial score (nSPS) is 10.9. The van der Waals surface area contributed by atoms with Crippen molar-refractivity contribution in [1.29, 1.82) is 0 Å². The summed E-state index contributed by atoms with van der Waals surface area (Å²) in [6.45, 7) is 1.48. The number of halogens is 1.